The molecule has 0 saturated carbocycles. The molecule has 0 fully saturated rings. The number of carbonyl (C=O) groups excluding carboxylic acids is 1. The molecule has 6 nitrogen and oxygen atoms in total. The van der Waals surface area contributed by atoms with E-state index in [1.165, 1.54) is 11.3 Å². The maximum absolute atomic E-state index is 12.7. The lowest BCUT2D eigenvalue weighted by Gasteiger charge is -2.13. The van der Waals surface area contributed by atoms with Gasteiger partial charge in [0.2, 0.25) is 0 Å². The van der Waals surface area contributed by atoms with E-state index in [0.717, 1.165) is 10.6 Å². The van der Waals surface area contributed by atoms with Gasteiger partial charge in [0.05, 0.1) is 16.1 Å². The van der Waals surface area contributed by atoms with Crippen molar-refractivity contribution in [3.05, 3.63) is 59.6 Å². The number of hydrogen-bond acceptors (Lipinski definition) is 4. The van der Waals surface area contributed by atoms with Crippen molar-refractivity contribution < 1.29 is 4.79 Å². The lowest BCUT2D eigenvalue weighted by atomic mass is 10.2. The molecule has 0 radical (unpaired) electrons. The number of carbonyl (C=O) groups is 1. The van der Waals surface area contributed by atoms with Gasteiger partial charge in [0.25, 0.3) is 5.91 Å². The normalized spacial score (nSPS) is 10.6. The number of hydrogen-bond donors (Lipinski definition) is 3. The average Bonchev–Trinajstić information content (AvgIpc) is 3.29. The van der Waals surface area contributed by atoms with Crippen LogP contribution in [0, 0.1) is 0 Å². The molecule has 2 aromatic heterocycles. The summed E-state index contributed by atoms with van der Waals surface area (Å²) in [6.07, 6.45) is 1.72. The van der Waals surface area contributed by atoms with Crippen molar-refractivity contribution >= 4 is 34.6 Å². The van der Waals surface area contributed by atoms with Crippen LogP contribution in [-0.4, -0.2) is 26.8 Å². The van der Waals surface area contributed by atoms with Gasteiger partial charge in [0, 0.05) is 12.2 Å². The fourth-order valence-corrected chi connectivity index (χ4v) is 3.34. The van der Waals surface area contributed by atoms with E-state index in [2.05, 4.69) is 21.3 Å². The Balaban J connectivity index is 1.86. The molecule has 0 bridgehead atoms. The molecule has 1 amide bonds. The summed E-state index contributed by atoms with van der Waals surface area (Å²) in [7, 11) is 0. The standard InChI is InChI=1S/C18H19N5OS2/c1-12(2)19-18(25)21-20-17(24)14-11-23(13-7-4-3-5-8-13)22-16(14)15-9-6-10-26-15/h3-12H,1-2H3,(H,20,24)(H2,19,21,25). The van der Waals surface area contributed by atoms with Crippen LogP contribution in [0.25, 0.3) is 16.3 Å². The number of thiocarbonyl (C=S) groups is 1. The van der Waals surface area contributed by atoms with Gasteiger partial charge in [-0.2, -0.15) is 5.10 Å². The molecule has 26 heavy (non-hydrogen) atoms. The summed E-state index contributed by atoms with van der Waals surface area (Å²) in [4.78, 5) is 13.6. The van der Waals surface area contributed by atoms with Gasteiger partial charge in [-0.3, -0.25) is 15.6 Å². The van der Waals surface area contributed by atoms with E-state index in [4.69, 9.17) is 12.2 Å². The molecule has 0 spiro atoms. The molecule has 0 saturated heterocycles. The van der Waals surface area contributed by atoms with Crippen LogP contribution < -0.4 is 16.2 Å². The number of aromatic nitrogens is 2. The van der Waals surface area contributed by atoms with E-state index in [-0.39, 0.29) is 11.9 Å². The smallest absolute Gasteiger partial charge is 0.273 e. The highest BCUT2D eigenvalue weighted by Crippen LogP contribution is 2.27. The molecule has 3 rings (SSSR count). The average molecular weight is 386 g/mol. The van der Waals surface area contributed by atoms with E-state index in [9.17, 15) is 4.79 Å². The number of para-hydroxylation sites is 1. The van der Waals surface area contributed by atoms with Gasteiger partial charge >= 0.3 is 0 Å². The Labute approximate surface area is 161 Å². The molecule has 8 heteroatoms. The zero-order valence-electron chi connectivity index (χ0n) is 14.4. The molecule has 0 unspecified atom stereocenters. The summed E-state index contributed by atoms with van der Waals surface area (Å²) < 4.78 is 1.70. The lowest BCUT2D eigenvalue weighted by Crippen LogP contribution is -2.48. The molecule has 0 atom stereocenters. The van der Waals surface area contributed by atoms with Gasteiger partial charge in [0.15, 0.2) is 5.11 Å². The first-order valence-corrected chi connectivity index (χ1v) is 9.39. The topological polar surface area (TPSA) is 71.0 Å². The number of amides is 1. The van der Waals surface area contributed by atoms with Crippen molar-refractivity contribution in [1.82, 2.24) is 25.9 Å². The number of thiophene rings is 1. The fourth-order valence-electron chi connectivity index (χ4n) is 2.33. The van der Waals surface area contributed by atoms with Crippen LogP contribution in [0.3, 0.4) is 0 Å². The first-order valence-electron chi connectivity index (χ1n) is 8.10. The third kappa shape index (κ3) is 4.27. The third-order valence-corrected chi connectivity index (χ3v) is 4.54. The summed E-state index contributed by atoms with van der Waals surface area (Å²) in [6.45, 7) is 3.93. The van der Waals surface area contributed by atoms with Crippen molar-refractivity contribution in [2.75, 3.05) is 0 Å². The Morgan fingerprint density at radius 3 is 2.58 bits per heavy atom. The second kappa shape index (κ2) is 8.11. The van der Waals surface area contributed by atoms with Gasteiger partial charge in [-0.1, -0.05) is 24.3 Å². The van der Waals surface area contributed by atoms with Crippen molar-refractivity contribution in [2.24, 2.45) is 0 Å². The second-order valence-electron chi connectivity index (χ2n) is 5.86. The van der Waals surface area contributed by atoms with Gasteiger partial charge in [0.1, 0.15) is 5.69 Å². The van der Waals surface area contributed by atoms with Crippen molar-refractivity contribution in [1.29, 1.82) is 0 Å². The van der Waals surface area contributed by atoms with Crippen LogP contribution in [0.4, 0.5) is 0 Å². The number of benzene rings is 1. The van der Waals surface area contributed by atoms with Crippen LogP contribution in [0.2, 0.25) is 0 Å². The Kier molecular flexibility index (Phi) is 5.65. The summed E-state index contributed by atoms with van der Waals surface area (Å²) in [5.74, 6) is -0.302. The Bertz CT molecular complexity index is 888. The highest BCUT2D eigenvalue weighted by molar-refractivity contribution is 7.80. The molecule has 3 N–H and O–H groups in total. The third-order valence-electron chi connectivity index (χ3n) is 3.44. The number of hydrazine groups is 1. The second-order valence-corrected chi connectivity index (χ2v) is 7.21. The lowest BCUT2D eigenvalue weighted by molar-refractivity contribution is 0.0944. The highest BCUT2D eigenvalue weighted by atomic mass is 32.1. The minimum Gasteiger partial charge on any atom is -0.359 e. The predicted octanol–water partition coefficient (Wildman–Crippen LogP) is 3.12. The fraction of sp³-hybridized carbons (Fsp3) is 0.167. The zero-order chi connectivity index (χ0) is 18.5. The van der Waals surface area contributed by atoms with E-state index < -0.39 is 0 Å². The first-order chi connectivity index (χ1) is 12.5. The highest BCUT2D eigenvalue weighted by Gasteiger charge is 2.19. The summed E-state index contributed by atoms with van der Waals surface area (Å²) >= 11 is 6.67. The minimum atomic E-state index is -0.302. The SMILES string of the molecule is CC(C)NC(=S)NNC(=O)c1cn(-c2ccccc2)nc1-c1cccs1. The number of nitrogens with zero attached hydrogens (tertiary/aromatic N) is 2. The molecule has 134 valence electrons. The van der Waals surface area contributed by atoms with Gasteiger partial charge in [-0.15, -0.1) is 11.3 Å². The molecular formula is C18H19N5OS2. The Morgan fingerprint density at radius 1 is 1.15 bits per heavy atom. The molecule has 0 aliphatic carbocycles. The van der Waals surface area contributed by atoms with Crippen LogP contribution in [0.15, 0.2) is 54.0 Å². The van der Waals surface area contributed by atoms with Crippen molar-refractivity contribution in [3.63, 3.8) is 0 Å². The first kappa shape index (κ1) is 18.1. The molecule has 0 aliphatic rings. The van der Waals surface area contributed by atoms with Crippen LogP contribution in [0.1, 0.15) is 24.2 Å². The summed E-state index contributed by atoms with van der Waals surface area (Å²) in [5, 5.41) is 9.94. The molecular weight excluding hydrogens is 366 g/mol. The minimum absolute atomic E-state index is 0.175. The van der Waals surface area contributed by atoms with E-state index in [0.29, 0.717) is 16.4 Å². The Hall–Kier alpha value is -2.71. The zero-order valence-corrected chi connectivity index (χ0v) is 16.0. The summed E-state index contributed by atoms with van der Waals surface area (Å²) in [5.41, 5.74) is 7.33. The summed E-state index contributed by atoms with van der Waals surface area (Å²) in [6, 6.07) is 13.7. The van der Waals surface area contributed by atoms with Crippen LogP contribution in [-0.2, 0) is 0 Å². The maximum Gasteiger partial charge on any atom is 0.273 e. The van der Waals surface area contributed by atoms with E-state index in [1.54, 1.807) is 10.9 Å². The predicted molar refractivity (Wildman–Crippen MR) is 108 cm³/mol. The largest absolute Gasteiger partial charge is 0.359 e. The molecule has 2 heterocycles. The van der Waals surface area contributed by atoms with Gasteiger partial charge in [-0.25, -0.2) is 4.68 Å². The van der Waals surface area contributed by atoms with Gasteiger partial charge < -0.3 is 5.32 Å². The number of nitrogens with one attached hydrogen (secondary N) is 3. The van der Waals surface area contributed by atoms with E-state index >= 15 is 0 Å². The van der Waals surface area contributed by atoms with Crippen molar-refractivity contribution in [3.8, 4) is 16.3 Å². The molecule has 1 aromatic carbocycles. The molecule has 0 aliphatic heterocycles. The number of rotatable bonds is 4. The van der Waals surface area contributed by atoms with Crippen LogP contribution in [0.5, 0.6) is 0 Å². The van der Waals surface area contributed by atoms with Crippen LogP contribution >= 0.6 is 23.6 Å². The molecule has 3 aromatic rings. The Morgan fingerprint density at radius 2 is 1.92 bits per heavy atom. The quantitative estimate of drug-likeness (QED) is 0.475. The van der Waals surface area contributed by atoms with E-state index in [1.807, 2.05) is 61.7 Å². The van der Waals surface area contributed by atoms with Gasteiger partial charge in [-0.05, 0) is 49.6 Å². The maximum atomic E-state index is 12.7. The monoisotopic (exact) mass is 385 g/mol. The van der Waals surface area contributed by atoms with Crippen molar-refractivity contribution in [2.45, 2.75) is 19.9 Å².